The van der Waals surface area contributed by atoms with E-state index >= 15 is 0 Å². The fourth-order valence-electron chi connectivity index (χ4n) is 6.15. The quantitative estimate of drug-likeness (QED) is 0.658. The Labute approximate surface area is 171 Å². The molecule has 1 aromatic rings. The highest BCUT2D eigenvalue weighted by Gasteiger charge is 2.54. The number of hydrogen-bond acceptors (Lipinski definition) is 3. The van der Waals surface area contributed by atoms with Gasteiger partial charge in [-0.25, -0.2) is 0 Å². The van der Waals surface area contributed by atoms with Crippen LogP contribution in [-0.2, 0) is 16.1 Å². The molecule has 1 unspecified atom stereocenters. The van der Waals surface area contributed by atoms with E-state index in [4.69, 9.17) is 5.11 Å². The van der Waals surface area contributed by atoms with Crippen molar-refractivity contribution in [1.82, 2.24) is 10.6 Å². The monoisotopic (exact) mass is 398 g/mol. The number of carboxylic acid groups (broad SMARTS) is 1. The predicted molar refractivity (Wildman–Crippen MR) is 108 cm³/mol. The van der Waals surface area contributed by atoms with Crippen molar-refractivity contribution in [2.75, 3.05) is 0 Å². The van der Waals surface area contributed by atoms with Gasteiger partial charge in [0.15, 0.2) is 0 Å². The molecule has 0 aliphatic heterocycles. The van der Waals surface area contributed by atoms with Crippen molar-refractivity contribution in [1.29, 1.82) is 0 Å². The van der Waals surface area contributed by atoms with Crippen molar-refractivity contribution in [3.8, 4) is 0 Å². The van der Waals surface area contributed by atoms with Gasteiger partial charge in [-0.1, -0.05) is 12.1 Å². The maximum atomic E-state index is 13.0. The number of carbonyl (C=O) groups is 3. The zero-order chi connectivity index (χ0) is 20.6. The largest absolute Gasteiger partial charge is 0.481 e. The van der Waals surface area contributed by atoms with Crippen LogP contribution in [0.1, 0.15) is 67.8 Å². The topological polar surface area (TPSA) is 95.5 Å². The molecule has 0 heterocycles. The fraction of sp³-hybridized carbons (Fsp3) is 0.609. The maximum Gasteiger partial charge on any atom is 0.305 e. The van der Waals surface area contributed by atoms with Crippen LogP contribution in [0.4, 0.5) is 0 Å². The van der Waals surface area contributed by atoms with E-state index in [1.54, 1.807) is 19.1 Å². The van der Waals surface area contributed by atoms with Gasteiger partial charge in [-0.15, -0.1) is 0 Å². The molecule has 5 rings (SSSR count). The van der Waals surface area contributed by atoms with Gasteiger partial charge in [-0.3, -0.25) is 14.4 Å². The summed E-state index contributed by atoms with van der Waals surface area (Å²) in [5.74, 6) is 1.21. The summed E-state index contributed by atoms with van der Waals surface area (Å²) in [5, 5.41) is 14.6. The summed E-state index contributed by atoms with van der Waals surface area (Å²) >= 11 is 0. The molecule has 4 bridgehead atoms. The second-order valence-corrected chi connectivity index (χ2v) is 9.55. The number of carbonyl (C=O) groups excluding carboxylic acids is 2. The predicted octanol–water partition coefficient (Wildman–Crippen LogP) is 3.11. The molecule has 0 spiro atoms. The molecule has 0 radical (unpaired) electrons. The first kappa shape index (κ1) is 19.9. The van der Waals surface area contributed by atoms with Gasteiger partial charge in [0.05, 0.1) is 6.42 Å². The van der Waals surface area contributed by atoms with Crippen molar-refractivity contribution < 1.29 is 19.5 Å². The average Bonchev–Trinajstić information content (AvgIpc) is 2.64. The van der Waals surface area contributed by atoms with Gasteiger partial charge in [0.1, 0.15) is 0 Å². The molecule has 3 N–H and O–H groups in total. The molecule has 4 aliphatic rings. The van der Waals surface area contributed by atoms with Crippen LogP contribution in [0.5, 0.6) is 0 Å². The summed E-state index contributed by atoms with van der Waals surface area (Å²) in [5.41, 5.74) is 1.30. The molecule has 0 saturated heterocycles. The third-order valence-electron chi connectivity index (χ3n) is 7.05. The molecule has 29 heavy (non-hydrogen) atoms. The van der Waals surface area contributed by atoms with Gasteiger partial charge in [0, 0.05) is 23.6 Å². The van der Waals surface area contributed by atoms with Crippen LogP contribution in [-0.4, -0.2) is 28.9 Å². The van der Waals surface area contributed by atoms with E-state index in [0.717, 1.165) is 42.6 Å². The fourth-order valence-corrected chi connectivity index (χ4v) is 6.15. The molecular weight excluding hydrogens is 368 g/mol. The highest BCUT2D eigenvalue weighted by atomic mass is 16.4. The lowest BCUT2D eigenvalue weighted by molar-refractivity contribution is -0.146. The molecule has 6 nitrogen and oxygen atoms in total. The van der Waals surface area contributed by atoms with Crippen molar-refractivity contribution >= 4 is 17.8 Å². The van der Waals surface area contributed by atoms with Crippen LogP contribution in [0.15, 0.2) is 24.3 Å². The Morgan fingerprint density at radius 2 is 1.59 bits per heavy atom. The van der Waals surface area contributed by atoms with Crippen LogP contribution in [0.3, 0.4) is 0 Å². The lowest BCUT2D eigenvalue weighted by Gasteiger charge is -2.55. The Morgan fingerprint density at radius 3 is 2.10 bits per heavy atom. The summed E-state index contributed by atoms with van der Waals surface area (Å²) in [6, 6.07) is 6.69. The van der Waals surface area contributed by atoms with E-state index < -0.39 is 12.0 Å². The zero-order valence-corrected chi connectivity index (χ0v) is 16.9. The SMILES string of the molecule is CC(CC(=O)O)NC(=O)c1ccc(CNC(=O)C23CC4CC(CC(C4)C2)C3)cc1. The van der Waals surface area contributed by atoms with Crippen molar-refractivity contribution in [3.63, 3.8) is 0 Å². The summed E-state index contributed by atoms with van der Waals surface area (Å²) in [6.07, 6.45) is 7.01. The zero-order valence-electron chi connectivity index (χ0n) is 16.9. The molecule has 1 atom stereocenters. The van der Waals surface area contributed by atoms with Gasteiger partial charge < -0.3 is 15.7 Å². The molecule has 2 amide bonds. The van der Waals surface area contributed by atoms with Gasteiger partial charge in [-0.05, 0) is 80.9 Å². The molecular formula is C23H30N2O4. The van der Waals surface area contributed by atoms with Crippen molar-refractivity contribution in [2.24, 2.45) is 23.2 Å². The molecule has 6 heteroatoms. The number of nitrogens with one attached hydrogen (secondary N) is 2. The molecule has 156 valence electrons. The normalized spacial score (nSPS) is 30.6. The van der Waals surface area contributed by atoms with E-state index in [2.05, 4.69) is 10.6 Å². The van der Waals surface area contributed by atoms with E-state index in [-0.39, 0.29) is 23.7 Å². The number of aliphatic carboxylic acids is 1. The third-order valence-corrected chi connectivity index (χ3v) is 7.05. The highest BCUT2D eigenvalue weighted by molar-refractivity contribution is 5.94. The second-order valence-electron chi connectivity index (χ2n) is 9.55. The van der Waals surface area contributed by atoms with Gasteiger partial charge in [0.2, 0.25) is 5.91 Å². The van der Waals surface area contributed by atoms with Crippen LogP contribution >= 0.6 is 0 Å². The smallest absolute Gasteiger partial charge is 0.305 e. The van der Waals surface area contributed by atoms with Crippen molar-refractivity contribution in [2.45, 2.75) is 64.5 Å². The number of amides is 2. The number of carboxylic acids is 1. The highest BCUT2D eigenvalue weighted by Crippen LogP contribution is 2.60. The minimum Gasteiger partial charge on any atom is -0.481 e. The summed E-state index contributed by atoms with van der Waals surface area (Å²) in [4.78, 5) is 35.9. The number of hydrogen-bond donors (Lipinski definition) is 3. The number of benzene rings is 1. The Morgan fingerprint density at radius 1 is 1.03 bits per heavy atom. The Hall–Kier alpha value is -2.37. The lowest BCUT2D eigenvalue weighted by atomic mass is 9.49. The Balaban J connectivity index is 1.31. The van der Waals surface area contributed by atoms with E-state index in [0.29, 0.717) is 12.1 Å². The molecule has 1 aromatic carbocycles. The molecule has 4 saturated carbocycles. The molecule has 4 aliphatic carbocycles. The number of rotatable bonds is 7. The van der Waals surface area contributed by atoms with Gasteiger partial charge in [0.25, 0.3) is 5.91 Å². The minimum absolute atomic E-state index is 0.111. The summed E-state index contributed by atoms with van der Waals surface area (Å²) in [7, 11) is 0. The van der Waals surface area contributed by atoms with Crippen molar-refractivity contribution in [3.05, 3.63) is 35.4 Å². The average molecular weight is 399 g/mol. The van der Waals surface area contributed by atoms with Crippen LogP contribution < -0.4 is 10.6 Å². The van der Waals surface area contributed by atoms with Crippen LogP contribution in [0, 0.1) is 23.2 Å². The first-order valence-corrected chi connectivity index (χ1v) is 10.7. The van der Waals surface area contributed by atoms with E-state index in [9.17, 15) is 14.4 Å². The standard InChI is InChI=1S/C23H30N2O4/c1-14(6-20(26)27)25-21(28)19-4-2-15(3-5-19)13-24-22(29)23-10-16-7-17(11-23)9-18(8-16)12-23/h2-5,14,16-18H,6-13H2,1H3,(H,24,29)(H,25,28)(H,26,27). The van der Waals surface area contributed by atoms with Crippen LogP contribution in [0.25, 0.3) is 0 Å². The van der Waals surface area contributed by atoms with Gasteiger partial charge in [-0.2, -0.15) is 0 Å². The second kappa shape index (κ2) is 7.81. The van der Waals surface area contributed by atoms with E-state index in [1.807, 2.05) is 12.1 Å². The van der Waals surface area contributed by atoms with E-state index in [1.165, 1.54) is 19.3 Å². The Bertz CT molecular complexity index is 766. The van der Waals surface area contributed by atoms with Gasteiger partial charge >= 0.3 is 5.97 Å². The minimum atomic E-state index is -0.942. The molecule has 0 aromatic heterocycles. The Kier molecular flexibility index (Phi) is 5.36. The lowest BCUT2D eigenvalue weighted by Crippen LogP contribution is -2.53. The summed E-state index contributed by atoms with van der Waals surface area (Å²) in [6.45, 7) is 2.14. The molecule has 4 fully saturated rings. The summed E-state index contributed by atoms with van der Waals surface area (Å²) < 4.78 is 0. The third kappa shape index (κ3) is 4.31. The maximum absolute atomic E-state index is 13.0. The first-order valence-electron chi connectivity index (χ1n) is 10.7. The van der Waals surface area contributed by atoms with Crippen LogP contribution in [0.2, 0.25) is 0 Å². The first-order chi connectivity index (χ1) is 13.8.